The summed E-state index contributed by atoms with van der Waals surface area (Å²) in [6, 6.07) is 5.77. The van der Waals surface area contributed by atoms with E-state index in [2.05, 4.69) is 5.32 Å². The molecule has 1 saturated heterocycles. The fourth-order valence-corrected chi connectivity index (χ4v) is 7.86. The van der Waals surface area contributed by atoms with Gasteiger partial charge in [-0.15, -0.1) is 0 Å². The number of phenols is 1. The molecule has 184 valence electrons. The molecule has 1 aliphatic heterocycles. The number of carboxylic acid groups (broad SMARTS) is 1. The van der Waals surface area contributed by atoms with Crippen molar-refractivity contribution in [2.45, 2.75) is 82.7 Å². The molecule has 0 spiro atoms. The van der Waals surface area contributed by atoms with Crippen LogP contribution in [0.4, 0.5) is 0 Å². The Balaban J connectivity index is 1.46. The van der Waals surface area contributed by atoms with Crippen LogP contribution in [0.15, 0.2) is 24.3 Å². The number of carbonyl (C=O) groups excluding carboxylic acids is 2. The molecule has 1 aromatic carbocycles. The number of carbonyl (C=O) groups is 3. The van der Waals surface area contributed by atoms with Gasteiger partial charge < -0.3 is 15.5 Å². The summed E-state index contributed by atoms with van der Waals surface area (Å²) in [4.78, 5) is 41.5. The lowest BCUT2D eigenvalue weighted by molar-refractivity contribution is -0.169. The second-order valence-electron chi connectivity index (χ2n) is 11.7. The fourth-order valence-electron chi connectivity index (χ4n) is 7.86. The van der Waals surface area contributed by atoms with Gasteiger partial charge in [0.1, 0.15) is 11.3 Å². The van der Waals surface area contributed by atoms with Gasteiger partial charge in [0.05, 0.1) is 6.04 Å². The number of rotatable bonds is 7. The van der Waals surface area contributed by atoms with E-state index in [1.165, 1.54) is 38.3 Å². The molecule has 7 nitrogen and oxygen atoms in total. The van der Waals surface area contributed by atoms with Gasteiger partial charge in [-0.3, -0.25) is 14.5 Å². The van der Waals surface area contributed by atoms with Crippen LogP contribution >= 0.6 is 0 Å². The zero-order chi connectivity index (χ0) is 24.1. The Labute approximate surface area is 200 Å². The van der Waals surface area contributed by atoms with Crippen molar-refractivity contribution < 1.29 is 24.6 Å². The quantitative estimate of drug-likeness (QED) is 0.566. The van der Waals surface area contributed by atoms with Crippen molar-refractivity contribution in [3.63, 3.8) is 0 Å². The van der Waals surface area contributed by atoms with Gasteiger partial charge in [0, 0.05) is 12.8 Å². The average Bonchev–Trinajstić information content (AvgIpc) is 3.29. The standard InChI is InChI=1S/C27H36N2O5/c1-26(25(33)34,12-17-4-6-21(30)7-5-17)29(24(32)22-3-2-8-28-22)23(31)16-27-13-18-9-19(14-27)11-20(10-18)15-27/h4-7,18-20,22,28,30H,2-3,8-16H2,1H3,(H,33,34)/t18?,19?,20?,22-,26-,27?/m0/s1. The van der Waals surface area contributed by atoms with Gasteiger partial charge in [-0.25, -0.2) is 4.79 Å². The van der Waals surface area contributed by atoms with E-state index < -0.39 is 23.5 Å². The number of phenolic OH excluding ortho intramolecular Hbond substituents is 1. The molecule has 1 aromatic rings. The molecule has 4 saturated carbocycles. The Hall–Kier alpha value is -2.41. The van der Waals surface area contributed by atoms with Crippen LogP contribution in [0.1, 0.15) is 70.3 Å². The van der Waals surface area contributed by atoms with Crippen LogP contribution in [-0.4, -0.2) is 51.0 Å². The molecule has 5 aliphatic rings. The van der Waals surface area contributed by atoms with E-state index in [0.717, 1.165) is 30.6 Å². The molecule has 4 aliphatic carbocycles. The Kier molecular flexibility index (Phi) is 5.95. The van der Waals surface area contributed by atoms with Gasteiger partial charge in [-0.05, 0) is 106 Å². The largest absolute Gasteiger partial charge is 0.508 e. The molecule has 2 amide bonds. The molecule has 1 heterocycles. The second kappa shape index (κ2) is 8.67. The maximum Gasteiger partial charge on any atom is 0.330 e. The van der Waals surface area contributed by atoms with Crippen LogP contribution in [0.3, 0.4) is 0 Å². The maximum absolute atomic E-state index is 14.0. The summed E-state index contributed by atoms with van der Waals surface area (Å²) in [5, 5.41) is 23.2. The highest BCUT2D eigenvalue weighted by molar-refractivity contribution is 6.03. The van der Waals surface area contributed by atoms with Crippen LogP contribution in [-0.2, 0) is 20.8 Å². The number of amides is 2. The smallest absolute Gasteiger partial charge is 0.330 e. The Bertz CT molecular complexity index is 932. The fraction of sp³-hybridized carbons (Fsp3) is 0.667. The van der Waals surface area contributed by atoms with Crippen molar-refractivity contribution >= 4 is 17.8 Å². The number of hydrogen-bond donors (Lipinski definition) is 3. The van der Waals surface area contributed by atoms with Crippen LogP contribution in [0.5, 0.6) is 5.75 Å². The van der Waals surface area contributed by atoms with E-state index in [0.29, 0.717) is 36.3 Å². The van der Waals surface area contributed by atoms with E-state index in [4.69, 9.17) is 0 Å². The van der Waals surface area contributed by atoms with Crippen molar-refractivity contribution in [2.75, 3.05) is 6.54 Å². The van der Waals surface area contributed by atoms with Gasteiger partial charge in [-0.1, -0.05) is 12.1 Å². The lowest BCUT2D eigenvalue weighted by atomic mass is 9.49. The maximum atomic E-state index is 14.0. The Morgan fingerprint density at radius 1 is 1.06 bits per heavy atom. The molecule has 6 rings (SSSR count). The minimum absolute atomic E-state index is 0.00626. The third-order valence-electron chi connectivity index (χ3n) is 8.96. The number of carboxylic acids is 1. The predicted molar refractivity (Wildman–Crippen MR) is 126 cm³/mol. The molecule has 2 atom stereocenters. The molecule has 4 bridgehead atoms. The summed E-state index contributed by atoms with van der Waals surface area (Å²) in [6.45, 7) is 2.18. The summed E-state index contributed by atoms with van der Waals surface area (Å²) in [5.74, 6) is 0.139. The number of nitrogens with one attached hydrogen (secondary N) is 1. The minimum Gasteiger partial charge on any atom is -0.508 e. The van der Waals surface area contributed by atoms with E-state index in [1.54, 1.807) is 12.1 Å². The normalized spacial score (nSPS) is 33.4. The van der Waals surface area contributed by atoms with Gasteiger partial charge in [-0.2, -0.15) is 0 Å². The molecule has 0 aromatic heterocycles. The molecule has 7 heteroatoms. The summed E-state index contributed by atoms with van der Waals surface area (Å²) >= 11 is 0. The Morgan fingerprint density at radius 2 is 1.65 bits per heavy atom. The topological polar surface area (TPSA) is 107 Å². The molecule has 5 fully saturated rings. The molecule has 3 N–H and O–H groups in total. The molecule has 34 heavy (non-hydrogen) atoms. The van der Waals surface area contributed by atoms with Crippen molar-refractivity contribution in [1.82, 2.24) is 10.2 Å². The summed E-state index contributed by atoms with van der Waals surface area (Å²) < 4.78 is 0. The third-order valence-corrected chi connectivity index (χ3v) is 8.96. The van der Waals surface area contributed by atoms with Crippen LogP contribution < -0.4 is 5.32 Å². The summed E-state index contributed by atoms with van der Waals surface area (Å²) in [5.41, 5.74) is -1.15. The van der Waals surface area contributed by atoms with Crippen LogP contribution in [0.25, 0.3) is 0 Å². The van der Waals surface area contributed by atoms with Crippen molar-refractivity contribution in [3.05, 3.63) is 29.8 Å². The van der Waals surface area contributed by atoms with Crippen molar-refractivity contribution in [3.8, 4) is 5.75 Å². The summed E-state index contributed by atoms with van der Waals surface area (Å²) in [7, 11) is 0. The van der Waals surface area contributed by atoms with Crippen molar-refractivity contribution in [2.24, 2.45) is 23.2 Å². The zero-order valence-corrected chi connectivity index (χ0v) is 20.0. The number of hydrogen-bond acceptors (Lipinski definition) is 5. The first-order chi connectivity index (χ1) is 16.2. The van der Waals surface area contributed by atoms with E-state index in [9.17, 15) is 24.6 Å². The number of benzene rings is 1. The minimum atomic E-state index is -1.71. The molecule has 0 radical (unpaired) electrons. The highest BCUT2D eigenvalue weighted by Crippen LogP contribution is 2.61. The first kappa shape index (κ1) is 23.3. The van der Waals surface area contributed by atoms with Gasteiger partial charge in [0.25, 0.3) is 0 Å². The number of aromatic hydroxyl groups is 1. The molecular formula is C27H36N2O5. The van der Waals surface area contributed by atoms with Gasteiger partial charge in [0.2, 0.25) is 11.8 Å². The number of imide groups is 1. The molecule has 0 unspecified atom stereocenters. The zero-order valence-electron chi connectivity index (χ0n) is 20.0. The number of aliphatic carboxylic acids is 1. The lowest BCUT2D eigenvalue weighted by Gasteiger charge is -2.57. The van der Waals surface area contributed by atoms with E-state index >= 15 is 0 Å². The Morgan fingerprint density at radius 3 is 2.15 bits per heavy atom. The van der Waals surface area contributed by atoms with Crippen molar-refractivity contribution in [1.29, 1.82) is 0 Å². The highest BCUT2D eigenvalue weighted by atomic mass is 16.4. The van der Waals surface area contributed by atoms with Crippen LogP contribution in [0, 0.1) is 23.2 Å². The predicted octanol–water partition coefficient (Wildman–Crippen LogP) is 3.49. The average molecular weight is 469 g/mol. The first-order valence-corrected chi connectivity index (χ1v) is 12.8. The monoisotopic (exact) mass is 468 g/mol. The van der Waals surface area contributed by atoms with Crippen LogP contribution in [0.2, 0.25) is 0 Å². The summed E-state index contributed by atoms with van der Waals surface area (Å²) in [6.07, 6.45) is 8.54. The first-order valence-electron chi connectivity index (χ1n) is 12.8. The van der Waals surface area contributed by atoms with E-state index in [-0.39, 0.29) is 29.9 Å². The van der Waals surface area contributed by atoms with Gasteiger partial charge >= 0.3 is 5.97 Å². The lowest BCUT2D eigenvalue weighted by Crippen LogP contribution is -2.63. The molecular weight excluding hydrogens is 432 g/mol. The SMILES string of the molecule is C[C@](Cc1ccc(O)cc1)(C(=O)O)N(C(=O)CC12CC3CC(CC(C3)C1)C2)C(=O)[C@@H]1CCCN1. The third kappa shape index (κ3) is 4.23. The second-order valence-corrected chi connectivity index (χ2v) is 11.7. The van der Waals surface area contributed by atoms with E-state index in [1.807, 2.05) is 0 Å². The highest BCUT2D eigenvalue weighted by Gasteiger charge is 2.54. The van der Waals surface area contributed by atoms with Gasteiger partial charge in [0.15, 0.2) is 0 Å². The number of nitrogens with zero attached hydrogens (tertiary/aromatic N) is 1.